The van der Waals surface area contributed by atoms with Crippen LogP contribution in [0, 0.1) is 12.8 Å². The van der Waals surface area contributed by atoms with E-state index in [0.717, 1.165) is 0 Å². The van der Waals surface area contributed by atoms with E-state index in [2.05, 4.69) is 0 Å². The van der Waals surface area contributed by atoms with Crippen LogP contribution in [0.2, 0.25) is 10.0 Å². The van der Waals surface area contributed by atoms with Gasteiger partial charge in [-0.3, -0.25) is 9.59 Å². The Labute approximate surface area is 557 Å². The van der Waals surface area contributed by atoms with Gasteiger partial charge in [0.2, 0.25) is 6.29 Å². The molecule has 10 saturated heterocycles. The van der Waals surface area contributed by atoms with Crippen LogP contribution in [0.4, 0.5) is 0 Å². The molecule has 1 aromatic rings. The molecule has 34 heteroatoms. The predicted octanol–water partition coefficient (Wildman–Crippen LogP) is 1.05. The lowest BCUT2D eigenvalue weighted by Crippen LogP contribution is -2.72. The van der Waals surface area contributed by atoms with E-state index in [1.54, 1.807) is 48.5 Å². The topological polar surface area (TPSA) is 385 Å². The fraction of sp³-hybridized carbons (Fsp3) is 0.852. The number of methoxy groups -OCH3 is 4. The number of phenols is 1. The summed E-state index contributed by atoms with van der Waals surface area (Å²) < 4.78 is 142. The maximum Gasteiger partial charge on any atom is 0.342 e. The van der Waals surface area contributed by atoms with Crippen LogP contribution in [0.3, 0.4) is 0 Å². The number of esters is 2. The smallest absolute Gasteiger partial charge is 0.342 e. The molecule has 0 saturated carbocycles. The van der Waals surface area contributed by atoms with E-state index in [1.165, 1.54) is 49.2 Å². The van der Waals surface area contributed by atoms with Crippen molar-refractivity contribution < 1.29 is 154 Å². The van der Waals surface area contributed by atoms with E-state index in [0.29, 0.717) is 0 Å². The Hall–Kier alpha value is -2.99. The highest BCUT2D eigenvalue weighted by Gasteiger charge is 2.73. The van der Waals surface area contributed by atoms with Crippen LogP contribution in [0.15, 0.2) is 0 Å². The third-order valence-electron chi connectivity index (χ3n) is 19.4. The lowest BCUT2D eigenvalue weighted by molar-refractivity contribution is -0.428. The molecule has 95 heavy (non-hydrogen) atoms. The largest absolute Gasteiger partial charge is 0.505 e. The van der Waals surface area contributed by atoms with E-state index in [-0.39, 0.29) is 66.2 Å². The Morgan fingerprint density at radius 3 is 1.99 bits per heavy atom. The van der Waals surface area contributed by atoms with Crippen molar-refractivity contribution in [3.05, 3.63) is 21.2 Å². The van der Waals surface area contributed by atoms with Gasteiger partial charge in [-0.1, -0.05) is 37.0 Å². The Kier molecular flexibility index (Phi) is 21.9. The van der Waals surface area contributed by atoms with Crippen LogP contribution in [-0.4, -0.2) is 286 Å². The molecule has 0 aromatic heterocycles. The molecule has 0 amide bonds. The molecule has 0 bridgehead atoms. The molecule has 3 unspecified atom stereocenters. The number of rotatable bonds is 18. The predicted molar refractivity (Wildman–Crippen MR) is 313 cm³/mol. The van der Waals surface area contributed by atoms with Crippen LogP contribution in [0.25, 0.3) is 0 Å². The average molecular weight is 1400 g/mol. The zero-order chi connectivity index (χ0) is 68.9. The lowest BCUT2D eigenvalue weighted by atomic mass is 9.81. The highest BCUT2D eigenvalue weighted by molar-refractivity contribution is 6.39. The number of phenolic OH excluding ortho intramolecular Hbond substituents is 1. The number of aromatic hydroxyl groups is 1. The number of fused-ring (bicyclic) bond motifs is 4. The van der Waals surface area contributed by atoms with Gasteiger partial charge in [-0.15, -0.1) is 0 Å². The standard InChI is InChI=1S/C61H88Cl2O32/c1-21(2)53(70)87-49-45-32(92-61(93-45)52-51(78-20-79-52)60(72,27(8)64)28(9)91-61)19-77-56(49)89-57-48(76-14)39(68)44(31(83-57)18-73-11)88-55-40(69)47(43(74-12)24(5)82-55)85-34-17-58(10)50(26(7)81-34)94-59(95-58)16-30(66)42(25(6)90-59)84-33-15-29(65)41(23(4)80-33)86-54(71)35-22(3)36(62)38(67)37(63)46(35)75-13/h21,23-26,28-34,39-45,47-52,55-57,65-69,72H,15-20H2,1-14H3/t23-,24-,25-,26-,28-,29-,30+,31-,32+,33+,34+,39+,40-,41-,42-,43+,44-,45-,47-,48+,49-,50-,51?,52?,55+,56+,57+,58-,59?,60+,61-/m1/s1. The Morgan fingerprint density at radius 2 is 1.34 bits per heavy atom. The summed E-state index contributed by atoms with van der Waals surface area (Å²) in [5, 5.41) is 69.1. The minimum atomic E-state index is -2.13. The number of carbonyl (C=O) groups excluding carboxylic acids is 3. The van der Waals surface area contributed by atoms with Gasteiger partial charge in [-0.05, 0) is 61.0 Å². The van der Waals surface area contributed by atoms with E-state index in [9.17, 15) is 45.0 Å². The van der Waals surface area contributed by atoms with Crippen molar-refractivity contribution in [2.45, 2.75) is 277 Å². The third kappa shape index (κ3) is 13.4. The molecule has 10 aliphatic heterocycles. The molecule has 10 fully saturated rings. The molecule has 6 N–H and O–H groups in total. The number of hydrogen-bond donors (Lipinski definition) is 6. The second-order valence-electron chi connectivity index (χ2n) is 26.2. The number of ether oxygens (including phenoxy) is 23. The maximum absolute atomic E-state index is 13.6. The number of halogens is 2. The Morgan fingerprint density at radius 1 is 0.653 bits per heavy atom. The zero-order valence-corrected chi connectivity index (χ0v) is 56.5. The number of aliphatic hydroxyl groups is 5. The second kappa shape index (κ2) is 28.4. The maximum atomic E-state index is 13.6. The molecule has 0 radical (unpaired) electrons. The first-order chi connectivity index (χ1) is 44.9. The molecule has 0 aliphatic carbocycles. The van der Waals surface area contributed by atoms with Gasteiger partial charge in [-0.25, -0.2) is 4.79 Å². The first-order valence-electron chi connectivity index (χ1n) is 31.7. The Bertz CT molecular complexity index is 2890. The molecule has 1 aromatic carbocycles. The zero-order valence-electron chi connectivity index (χ0n) is 55.0. The van der Waals surface area contributed by atoms with Crippen molar-refractivity contribution in [1.29, 1.82) is 0 Å². The van der Waals surface area contributed by atoms with Gasteiger partial charge in [0, 0.05) is 34.2 Å². The molecular formula is C61H88Cl2O32. The lowest BCUT2D eigenvalue weighted by Gasteiger charge is -2.49. The summed E-state index contributed by atoms with van der Waals surface area (Å²) in [6.45, 7) is 15.0. The minimum Gasteiger partial charge on any atom is -0.505 e. The van der Waals surface area contributed by atoms with Crippen LogP contribution in [-0.2, 0) is 114 Å². The summed E-state index contributed by atoms with van der Waals surface area (Å²) in [5.41, 5.74) is -3.34. The van der Waals surface area contributed by atoms with E-state index >= 15 is 0 Å². The monoisotopic (exact) mass is 1400 g/mol. The molecule has 31 atom stereocenters. The summed E-state index contributed by atoms with van der Waals surface area (Å²) in [5.74, 6) is -7.41. The summed E-state index contributed by atoms with van der Waals surface area (Å²) in [6, 6.07) is 0. The second-order valence-corrected chi connectivity index (χ2v) is 27.0. The highest BCUT2D eigenvalue weighted by Crippen LogP contribution is 2.53. The molecule has 10 aliphatic rings. The van der Waals surface area contributed by atoms with Crippen molar-refractivity contribution in [2.75, 3.05) is 48.4 Å². The molecule has 2 spiro atoms. The van der Waals surface area contributed by atoms with Crippen molar-refractivity contribution in [3.8, 4) is 11.5 Å². The molecule has 538 valence electrons. The normalized spacial score (nSPS) is 47.3. The van der Waals surface area contributed by atoms with Crippen molar-refractivity contribution in [3.63, 3.8) is 0 Å². The number of hydrogen-bond acceptors (Lipinski definition) is 32. The first-order valence-corrected chi connectivity index (χ1v) is 32.5. The van der Waals surface area contributed by atoms with E-state index in [4.69, 9.17) is 132 Å². The van der Waals surface area contributed by atoms with Gasteiger partial charge in [-0.2, -0.15) is 0 Å². The van der Waals surface area contributed by atoms with Crippen molar-refractivity contribution in [1.82, 2.24) is 0 Å². The summed E-state index contributed by atoms with van der Waals surface area (Å²) in [6.07, 6.45) is -32.8. The number of benzene rings is 1. The fourth-order valence-electron chi connectivity index (χ4n) is 14.6. The molecular weight excluding hydrogens is 1320 g/mol. The van der Waals surface area contributed by atoms with Crippen LogP contribution >= 0.6 is 23.2 Å². The van der Waals surface area contributed by atoms with Gasteiger partial charge < -0.3 is 140 Å². The number of carbonyl (C=O) groups is 3. The SMILES string of the molecule is COC[C@H]1O[C@@H](O[C@@H]2OC[C@@H]3O[C@]4(O[C@H]3[C@H]2OC(=O)C(C)C)O[C@H](C)[C@@](O)(C(C)=O)C2OCOC24)[C@@H](OC)[C@@H](O)[C@@H]1O[C@@H]1O[C@H](C)[C@H](OC)[C@H](O[C@H]2C[C@@]3(C)OC4(C[C@H](O)[C@H](O[C@H]5C[C@@H](O)[C@H](OC(=O)c6c(C)c(Cl)c(O)c(Cl)c6OC)[C@@H](C)O5)[C@@H](C)O4)O[C@@H]3[C@@H](C)O2)[C@H]1O. The molecule has 10 heterocycles. The van der Waals surface area contributed by atoms with Gasteiger partial charge in [0.25, 0.3) is 5.97 Å². The fourth-order valence-corrected chi connectivity index (χ4v) is 15.1. The van der Waals surface area contributed by atoms with E-state index in [1.807, 2.05) is 0 Å². The van der Waals surface area contributed by atoms with Gasteiger partial charge in [0.15, 0.2) is 66.4 Å². The quantitative estimate of drug-likeness (QED) is 0.112. The molecule has 11 rings (SSSR count). The first kappa shape index (κ1) is 73.2. The average Bonchev–Trinajstić information content (AvgIpc) is 1.59. The molecule has 32 nitrogen and oxygen atoms in total. The summed E-state index contributed by atoms with van der Waals surface area (Å²) in [7, 11) is 5.35. The third-order valence-corrected chi connectivity index (χ3v) is 20.2. The summed E-state index contributed by atoms with van der Waals surface area (Å²) >= 11 is 12.5. The van der Waals surface area contributed by atoms with Gasteiger partial charge in [0.05, 0.1) is 80.4 Å². The van der Waals surface area contributed by atoms with Crippen molar-refractivity contribution in [2.24, 2.45) is 5.92 Å². The minimum absolute atomic E-state index is 0.00299. The van der Waals surface area contributed by atoms with Crippen molar-refractivity contribution >= 4 is 40.9 Å². The van der Waals surface area contributed by atoms with Gasteiger partial charge >= 0.3 is 17.9 Å². The Balaban J connectivity index is 0.722. The summed E-state index contributed by atoms with van der Waals surface area (Å²) in [4.78, 5) is 39.8. The number of Topliss-reactive ketones (excluding diaryl/α,β-unsaturated/α-hetero) is 1. The number of aliphatic hydroxyl groups excluding tert-OH is 4. The highest BCUT2D eigenvalue weighted by atomic mass is 35.5. The van der Waals surface area contributed by atoms with E-state index < -0.39 is 218 Å². The van der Waals surface area contributed by atoms with Gasteiger partial charge in [0.1, 0.15) is 96.2 Å². The van der Waals surface area contributed by atoms with Crippen LogP contribution < -0.4 is 4.74 Å². The number of ketones is 1. The van der Waals surface area contributed by atoms with Crippen LogP contribution in [0.5, 0.6) is 11.5 Å². The van der Waals surface area contributed by atoms with Crippen LogP contribution in [0.1, 0.15) is 97.5 Å².